The molecular weight excluding hydrogens is 297 g/mol. The van der Waals surface area contributed by atoms with Crippen molar-refractivity contribution >= 4 is 17.5 Å². The van der Waals surface area contributed by atoms with Crippen molar-refractivity contribution in [2.24, 2.45) is 5.92 Å². The third kappa shape index (κ3) is 4.43. The summed E-state index contributed by atoms with van der Waals surface area (Å²) in [5.74, 6) is -0.435. The molecule has 1 heterocycles. The summed E-state index contributed by atoms with van der Waals surface area (Å²) >= 11 is 0. The van der Waals surface area contributed by atoms with E-state index in [1.807, 2.05) is 13.8 Å². The number of amides is 2. The lowest BCUT2D eigenvalue weighted by atomic mass is 10.0. The predicted molar refractivity (Wildman–Crippen MR) is 87.6 cm³/mol. The Bertz CT molecular complexity index is 551. The van der Waals surface area contributed by atoms with E-state index in [2.05, 4.69) is 10.2 Å². The molecule has 1 aliphatic heterocycles. The van der Waals surface area contributed by atoms with Crippen LogP contribution in [0.2, 0.25) is 0 Å². The second-order valence-corrected chi connectivity index (χ2v) is 6.21. The standard InChI is InChI=1S/C17H24FN3O2/c1-12(2)16(19-13(3)22)17(23)21-10-8-20(9-11-21)15-6-4-14(18)5-7-15/h4-7,12,16H,8-11H2,1-3H3,(H,19,22)/t16-/m0/s1. The van der Waals surface area contributed by atoms with Crippen molar-refractivity contribution in [3.05, 3.63) is 30.1 Å². The van der Waals surface area contributed by atoms with Crippen LogP contribution in [0.15, 0.2) is 24.3 Å². The van der Waals surface area contributed by atoms with Gasteiger partial charge in [-0.15, -0.1) is 0 Å². The average Bonchev–Trinajstić information content (AvgIpc) is 2.52. The summed E-state index contributed by atoms with van der Waals surface area (Å²) in [7, 11) is 0. The lowest BCUT2D eigenvalue weighted by molar-refractivity contribution is -0.137. The Morgan fingerprint density at radius 2 is 1.65 bits per heavy atom. The van der Waals surface area contributed by atoms with Gasteiger partial charge in [0.25, 0.3) is 0 Å². The summed E-state index contributed by atoms with van der Waals surface area (Å²) in [5, 5.41) is 2.74. The Morgan fingerprint density at radius 1 is 1.09 bits per heavy atom. The van der Waals surface area contributed by atoms with Gasteiger partial charge in [-0.3, -0.25) is 9.59 Å². The summed E-state index contributed by atoms with van der Waals surface area (Å²) in [6, 6.07) is 5.91. The molecule has 2 rings (SSSR count). The number of rotatable bonds is 4. The molecule has 23 heavy (non-hydrogen) atoms. The minimum atomic E-state index is -0.482. The van der Waals surface area contributed by atoms with Crippen LogP contribution in [0.3, 0.4) is 0 Å². The highest BCUT2D eigenvalue weighted by molar-refractivity contribution is 5.87. The number of benzene rings is 1. The SMILES string of the molecule is CC(=O)N[C@H](C(=O)N1CCN(c2ccc(F)cc2)CC1)C(C)C. The largest absolute Gasteiger partial charge is 0.368 e. The molecule has 1 fully saturated rings. The van der Waals surface area contributed by atoms with E-state index in [1.54, 1.807) is 17.0 Å². The van der Waals surface area contributed by atoms with Crippen molar-refractivity contribution in [1.29, 1.82) is 0 Å². The predicted octanol–water partition coefficient (Wildman–Crippen LogP) is 1.64. The Hall–Kier alpha value is -2.11. The van der Waals surface area contributed by atoms with Crippen LogP contribution in [0, 0.1) is 11.7 Å². The summed E-state index contributed by atoms with van der Waals surface area (Å²) < 4.78 is 13.0. The van der Waals surface area contributed by atoms with Gasteiger partial charge in [0, 0.05) is 38.8 Å². The summed E-state index contributed by atoms with van der Waals surface area (Å²) in [6.45, 7) is 7.86. The van der Waals surface area contributed by atoms with Crippen molar-refractivity contribution < 1.29 is 14.0 Å². The van der Waals surface area contributed by atoms with Gasteiger partial charge >= 0.3 is 0 Å². The number of nitrogens with zero attached hydrogens (tertiary/aromatic N) is 2. The van der Waals surface area contributed by atoms with Gasteiger partial charge in [-0.1, -0.05) is 13.8 Å². The second-order valence-electron chi connectivity index (χ2n) is 6.21. The number of carbonyl (C=O) groups is 2. The van der Waals surface area contributed by atoms with Crippen molar-refractivity contribution in [1.82, 2.24) is 10.2 Å². The molecule has 0 bridgehead atoms. The Labute approximate surface area is 136 Å². The normalized spacial score (nSPS) is 16.4. The molecule has 126 valence electrons. The number of hydrogen-bond acceptors (Lipinski definition) is 3. The van der Waals surface area contributed by atoms with Crippen LogP contribution in [0.1, 0.15) is 20.8 Å². The molecule has 0 unspecified atom stereocenters. The zero-order valence-electron chi connectivity index (χ0n) is 13.9. The van der Waals surface area contributed by atoms with E-state index in [9.17, 15) is 14.0 Å². The fourth-order valence-electron chi connectivity index (χ4n) is 2.77. The Kier molecular flexibility index (Phi) is 5.58. The molecule has 5 nitrogen and oxygen atoms in total. The van der Waals surface area contributed by atoms with Gasteiger partial charge in [0.2, 0.25) is 11.8 Å². The quantitative estimate of drug-likeness (QED) is 0.917. The smallest absolute Gasteiger partial charge is 0.245 e. The zero-order valence-corrected chi connectivity index (χ0v) is 13.9. The average molecular weight is 321 g/mol. The summed E-state index contributed by atoms with van der Waals surface area (Å²) in [4.78, 5) is 27.8. The molecule has 0 spiro atoms. The maximum Gasteiger partial charge on any atom is 0.245 e. The fourth-order valence-corrected chi connectivity index (χ4v) is 2.77. The first-order valence-electron chi connectivity index (χ1n) is 7.95. The first kappa shape index (κ1) is 17.2. The summed E-state index contributed by atoms with van der Waals surface area (Å²) in [5.41, 5.74) is 0.959. The van der Waals surface area contributed by atoms with Crippen LogP contribution in [0.4, 0.5) is 10.1 Å². The number of piperazine rings is 1. The molecule has 1 N–H and O–H groups in total. The third-order valence-corrected chi connectivity index (χ3v) is 4.07. The van der Waals surface area contributed by atoms with Gasteiger partial charge in [0.05, 0.1) is 0 Å². The maximum absolute atomic E-state index is 13.0. The Morgan fingerprint density at radius 3 is 2.13 bits per heavy atom. The zero-order chi connectivity index (χ0) is 17.0. The van der Waals surface area contributed by atoms with E-state index < -0.39 is 6.04 Å². The lowest BCUT2D eigenvalue weighted by Crippen LogP contribution is -2.56. The van der Waals surface area contributed by atoms with E-state index in [4.69, 9.17) is 0 Å². The van der Waals surface area contributed by atoms with Gasteiger partial charge < -0.3 is 15.1 Å². The Balaban J connectivity index is 1.96. The van der Waals surface area contributed by atoms with E-state index in [0.717, 1.165) is 5.69 Å². The topological polar surface area (TPSA) is 52.7 Å². The molecule has 6 heteroatoms. The number of nitrogens with one attached hydrogen (secondary N) is 1. The van der Waals surface area contributed by atoms with Crippen LogP contribution in [0.5, 0.6) is 0 Å². The fraction of sp³-hybridized carbons (Fsp3) is 0.529. The molecule has 1 aromatic carbocycles. The minimum absolute atomic E-state index is 0.0334. The molecule has 1 saturated heterocycles. The lowest BCUT2D eigenvalue weighted by Gasteiger charge is -2.38. The molecule has 0 aliphatic carbocycles. The maximum atomic E-state index is 13.0. The second kappa shape index (κ2) is 7.44. The molecule has 1 aromatic rings. The molecule has 1 atom stereocenters. The first-order valence-corrected chi connectivity index (χ1v) is 7.95. The van der Waals surface area contributed by atoms with Crippen LogP contribution in [-0.4, -0.2) is 48.9 Å². The van der Waals surface area contributed by atoms with Crippen molar-refractivity contribution in [3.8, 4) is 0 Å². The highest BCUT2D eigenvalue weighted by atomic mass is 19.1. The minimum Gasteiger partial charge on any atom is -0.368 e. The number of hydrogen-bond donors (Lipinski definition) is 1. The van der Waals surface area contributed by atoms with Gasteiger partial charge in [0.15, 0.2) is 0 Å². The van der Waals surface area contributed by atoms with Crippen molar-refractivity contribution in [2.45, 2.75) is 26.8 Å². The molecule has 0 radical (unpaired) electrons. The van der Waals surface area contributed by atoms with Crippen LogP contribution >= 0.6 is 0 Å². The van der Waals surface area contributed by atoms with E-state index in [-0.39, 0.29) is 23.5 Å². The molecule has 2 amide bonds. The molecular formula is C17H24FN3O2. The number of anilines is 1. The van der Waals surface area contributed by atoms with Gasteiger partial charge in [0.1, 0.15) is 11.9 Å². The van der Waals surface area contributed by atoms with Crippen LogP contribution in [-0.2, 0) is 9.59 Å². The number of carbonyl (C=O) groups excluding carboxylic acids is 2. The number of halogens is 1. The highest BCUT2D eigenvalue weighted by Crippen LogP contribution is 2.18. The summed E-state index contributed by atoms with van der Waals surface area (Å²) in [6.07, 6.45) is 0. The monoisotopic (exact) mass is 321 g/mol. The third-order valence-electron chi connectivity index (χ3n) is 4.07. The molecule has 0 aromatic heterocycles. The van der Waals surface area contributed by atoms with Gasteiger partial charge in [-0.2, -0.15) is 0 Å². The molecule has 1 aliphatic rings. The van der Waals surface area contributed by atoms with E-state index >= 15 is 0 Å². The van der Waals surface area contributed by atoms with Crippen molar-refractivity contribution in [2.75, 3.05) is 31.1 Å². The van der Waals surface area contributed by atoms with Gasteiger partial charge in [-0.25, -0.2) is 4.39 Å². The van der Waals surface area contributed by atoms with E-state index in [1.165, 1.54) is 19.1 Å². The highest BCUT2D eigenvalue weighted by Gasteiger charge is 2.30. The first-order chi connectivity index (χ1) is 10.9. The van der Waals surface area contributed by atoms with Crippen LogP contribution in [0.25, 0.3) is 0 Å². The van der Waals surface area contributed by atoms with E-state index in [0.29, 0.717) is 26.2 Å². The molecule has 0 saturated carbocycles. The van der Waals surface area contributed by atoms with Crippen LogP contribution < -0.4 is 10.2 Å². The van der Waals surface area contributed by atoms with Gasteiger partial charge in [-0.05, 0) is 30.2 Å². The van der Waals surface area contributed by atoms with Crippen molar-refractivity contribution in [3.63, 3.8) is 0 Å².